The van der Waals surface area contributed by atoms with Gasteiger partial charge in [-0.05, 0) is 56.1 Å². The van der Waals surface area contributed by atoms with Crippen molar-refractivity contribution >= 4 is 17.5 Å². The number of nitrogens with zero attached hydrogens (tertiary/aromatic N) is 1. The number of carbonyl (C=O) groups is 1. The zero-order valence-electron chi connectivity index (χ0n) is 11.1. The van der Waals surface area contributed by atoms with E-state index in [-0.39, 0.29) is 17.1 Å². The molecule has 1 aromatic rings. The fraction of sp³-hybridized carbons (Fsp3) is 0.600. The molecule has 19 heavy (non-hydrogen) atoms. The van der Waals surface area contributed by atoms with Gasteiger partial charge in [-0.15, -0.1) is 0 Å². The van der Waals surface area contributed by atoms with E-state index in [4.69, 9.17) is 11.6 Å². The fourth-order valence-corrected chi connectivity index (χ4v) is 4.06. The lowest BCUT2D eigenvalue weighted by atomic mass is 9.84. The number of carbonyl (C=O) groups excluding carboxylic acids is 1. The molecule has 1 aromatic heterocycles. The number of halogens is 1. The molecule has 1 amide bonds. The number of amides is 1. The Morgan fingerprint density at radius 1 is 1.47 bits per heavy atom. The number of hydrogen-bond acceptors (Lipinski definition) is 2. The van der Waals surface area contributed by atoms with Gasteiger partial charge in [-0.1, -0.05) is 18.0 Å². The topological polar surface area (TPSA) is 42.0 Å². The minimum absolute atomic E-state index is 0.103. The Bertz CT molecular complexity index is 491. The van der Waals surface area contributed by atoms with E-state index in [0.717, 1.165) is 11.8 Å². The lowest BCUT2D eigenvalue weighted by Crippen LogP contribution is -2.40. The van der Waals surface area contributed by atoms with E-state index in [2.05, 4.69) is 17.2 Å². The van der Waals surface area contributed by atoms with Gasteiger partial charge < -0.3 is 5.32 Å². The minimum Gasteiger partial charge on any atom is -0.349 e. The molecule has 1 N–H and O–H groups in total. The molecule has 0 aliphatic heterocycles. The Balaban J connectivity index is 1.65. The van der Waals surface area contributed by atoms with Crippen LogP contribution in [0.1, 0.15) is 43.0 Å². The molecule has 4 atom stereocenters. The lowest BCUT2D eigenvalue weighted by molar-refractivity contribution is 0.0915. The number of nitrogens with one attached hydrogen (secondary N) is 1. The van der Waals surface area contributed by atoms with Crippen molar-refractivity contribution in [2.24, 2.45) is 17.8 Å². The molecular formula is C15H19ClN2O. The standard InChI is InChI=1S/C15H19ClN2O/c1-9(13-8-10-4-5-11(13)7-10)18-15(19)12-3-2-6-17-14(12)16/h2-3,6,9-11,13H,4-5,7-8H2,1H3,(H,18,19)/t9-,10+,11+,13-/m1/s1. The first kappa shape index (κ1) is 12.9. The summed E-state index contributed by atoms with van der Waals surface area (Å²) in [4.78, 5) is 16.2. The number of hydrogen-bond donors (Lipinski definition) is 1. The summed E-state index contributed by atoms with van der Waals surface area (Å²) in [6.45, 7) is 2.12. The van der Waals surface area contributed by atoms with E-state index in [1.165, 1.54) is 25.7 Å². The number of pyridine rings is 1. The van der Waals surface area contributed by atoms with Crippen molar-refractivity contribution < 1.29 is 4.79 Å². The molecule has 2 saturated carbocycles. The summed E-state index contributed by atoms with van der Waals surface area (Å²) < 4.78 is 0. The van der Waals surface area contributed by atoms with Crippen LogP contribution >= 0.6 is 11.6 Å². The van der Waals surface area contributed by atoms with Crippen LogP contribution in [0.2, 0.25) is 5.15 Å². The normalized spacial score (nSPS) is 30.3. The summed E-state index contributed by atoms with van der Waals surface area (Å²) in [6, 6.07) is 3.68. The molecule has 2 aliphatic rings. The molecule has 1 heterocycles. The van der Waals surface area contributed by atoms with Crippen LogP contribution in [0.3, 0.4) is 0 Å². The molecule has 3 nitrogen and oxygen atoms in total. The lowest BCUT2D eigenvalue weighted by Gasteiger charge is -2.28. The van der Waals surface area contributed by atoms with Gasteiger partial charge in [0.25, 0.3) is 5.91 Å². The SMILES string of the molecule is C[C@@H](NC(=O)c1cccnc1Cl)[C@H]1C[C@H]2CC[C@H]1C2. The van der Waals surface area contributed by atoms with Crippen LogP contribution in [-0.4, -0.2) is 16.9 Å². The van der Waals surface area contributed by atoms with E-state index in [9.17, 15) is 4.79 Å². The van der Waals surface area contributed by atoms with Crippen LogP contribution in [0.25, 0.3) is 0 Å². The van der Waals surface area contributed by atoms with Gasteiger partial charge in [0.05, 0.1) is 5.56 Å². The van der Waals surface area contributed by atoms with Gasteiger partial charge >= 0.3 is 0 Å². The van der Waals surface area contributed by atoms with Gasteiger partial charge in [-0.3, -0.25) is 4.79 Å². The van der Waals surface area contributed by atoms with Crippen LogP contribution in [0.15, 0.2) is 18.3 Å². The molecule has 2 fully saturated rings. The predicted molar refractivity (Wildman–Crippen MR) is 75.1 cm³/mol. The summed E-state index contributed by atoms with van der Waals surface area (Å²) in [6.07, 6.45) is 6.95. The zero-order valence-corrected chi connectivity index (χ0v) is 11.9. The molecule has 0 radical (unpaired) electrons. The summed E-state index contributed by atoms with van der Waals surface area (Å²) in [7, 11) is 0. The largest absolute Gasteiger partial charge is 0.349 e. The van der Waals surface area contributed by atoms with Gasteiger partial charge in [0, 0.05) is 12.2 Å². The molecule has 0 unspecified atom stereocenters. The molecule has 102 valence electrons. The highest BCUT2D eigenvalue weighted by Crippen LogP contribution is 2.49. The van der Waals surface area contributed by atoms with Gasteiger partial charge in [0.15, 0.2) is 0 Å². The third kappa shape index (κ3) is 2.48. The van der Waals surface area contributed by atoms with Crippen LogP contribution in [0.4, 0.5) is 0 Å². The van der Waals surface area contributed by atoms with Gasteiger partial charge in [0.1, 0.15) is 5.15 Å². The van der Waals surface area contributed by atoms with E-state index < -0.39 is 0 Å². The van der Waals surface area contributed by atoms with E-state index >= 15 is 0 Å². The molecular weight excluding hydrogens is 260 g/mol. The Labute approximate surface area is 118 Å². The van der Waals surface area contributed by atoms with Crippen LogP contribution < -0.4 is 5.32 Å². The zero-order chi connectivity index (χ0) is 13.4. The van der Waals surface area contributed by atoms with Crippen LogP contribution in [0, 0.1) is 17.8 Å². The highest BCUT2D eigenvalue weighted by atomic mass is 35.5. The molecule has 2 bridgehead atoms. The molecule has 0 aromatic carbocycles. The number of aromatic nitrogens is 1. The van der Waals surface area contributed by atoms with Crippen molar-refractivity contribution in [3.63, 3.8) is 0 Å². The van der Waals surface area contributed by atoms with Gasteiger partial charge in [-0.2, -0.15) is 0 Å². The Morgan fingerprint density at radius 3 is 2.95 bits per heavy atom. The van der Waals surface area contributed by atoms with Crippen molar-refractivity contribution in [1.82, 2.24) is 10.3 Å². The molecule has 0 saturated heterocycles. The van der Waals surface area contributed by atoms with Crippen molar-refractivity contribution in [1.29, 1.82) is 0 Å². The quantitative estimate of drug-likeness (QED) is 0.862. The predicted octanol–water partition coefficient (Wildman–Crippen LogP) is 3.29. The highest BCUT2D eigenvalue weighted by Gasteiger charge is 2.42. The summed E-state index contributed by atoms with van der Waals surface area (Å²) in [5.74, 6) is 2.24. The first-order valence-electron chi connectivity index (χ1n) is 7.06. The third-order valence-corrected chi connectivity index (χ3v) is 5.10. The number of rotatable bonds is 3. The van der Waals surface area contributed by atoms with Crippen molar-refractivity contribution in [2.75, 3.05) is 0 Å². The monoisotopic (exact) mass is 278 g/mol. The smallest absolute Gasteiger partial charge is 0.254 e. The Kier molecular flexibility index (Phi) is 3.48. The van der Waals surface area contributed by atoms with Crippen LogP contribution in [-0.2, 0) is 0 Å². The molecule has 4 heteroatoms. The first-order valence-corrected chi connectivity index (χ1v) is 7.44. The Morgan fingerprint density at radius 2 is 2.32 bits per heavy atom. The van der Waals surface area contributed by atoms with Crippen molar-refractivity contribution in [3.05, 3.63) is 29.0 Å². The minimum atomic E-state index is -0.103. The maximum absolute atomic E-state index is 12.2. The van der Waals surface area contributed by atoms with Gasteiger partial charge in [-0.25, -0.2) is 4.98 Å². The second-order valence-electron chi connectivity index (χ2n) is 5.94. The first-order chi connectivity index (χ1) is 9.15. The molecule has 3 rings (SSSR count). The average molecular weight is 279 g/mol. The van der Waals surface area contributed by atoms with Crippen molar-refractivity contribution in [3.8, 4) is 0 Å². The second-order valence-corrected chi connectivity index (χ2v) is 6.30. The fourth-order valence-electron chi connectivity index (χ4n) is 3.85. The van der Waals surface area contributed by atoms with Gasteiger partial charge in [0.2, 0.25) is 0 Å². The Hall–Kier alpha value is -1.09. The summed E-state index contributed by atoms with van der Waals surface area (Å²) in [5.41, 5.74) is 0.471. The average Bonchev–Trinajstić information content (AvgIpc) is 3.01. The molecule has 0 spiro atoms. The summed E-state index contributed by atoms with van der Waals surface area (Å²) in [5, 5.41) is 3.38. The molecule has 2 aliphatic carbocycles. The maximum atomic E-state index is 12.2. The summed E-state index contributed by atoms with van der Waals surface area (Å²) >= 11 is 5.95. The maximum Gasteiger partial charge on any atom is 0.254 e. The van der Waals surface area contributed by atoms with E-state index in [1.54, 1.807) is 18.3 Å². The second kappa shape index (κ2) is 5.12. The van der Waals surface area contributed by atoms with E-state index in [0.29, 0.717) is 11.5 Å². The highest BCUT2D eigenvalue weighted by molar-refractivity contribution is 6.32. The van der Waals surface area contributed by atoms with Crippen LogP contribution in [0.5, 0.6) is 0 Å². The number of fused-ring (bicyclic) bond motifs is 2. The third-order valence-electron chi connectivity index (χ3n) is 4.80. The van der Waals surface area contributed by atoms with Crippen molar-refractivity contribution in [2.45, 2.75) is 38.6 Å². The van der Waals surface area contributed by atoms with E-state index in [1.807, 2.05) is 0 Å².